The maximum atomic E-state index is 11.4. The van der Waals surface area contributed by atoms with Gasteiger partial charge < -0.3 is 4.74 Å². The minimum Gasteiger partial charge on any atom is -0.461 e. The number of fused-ring (bicyclic) bond motifs is 2. The van der Waals surface area contributed by atoms with Crippen LogP contribution in [0.5, 0.6) is 0 Å². The normalized spacial score (nSPS) is 46.1. The van der Waals surface area contributed by atoms with Crippen LogP contribution < -0.4 is 0 Å². The summed E-state index contributed by atoms with van der Waals surface area (Å²) in [6.45, 7) is 6.30. The van der Waals surface area contributed by atoms with E-state index in [1.165, 1.54) is 0 Å². The van der Waals surface area contributed by atoms with Crippen LogP contribution in [0.2, 0.25) is 0 Å². The first-order chi connectivity index (χ1) is 4.98. The Morgan fingerprint density at radius 3 is 2.27 bits per heavy atom. The third kappa shape index (κ3) is 0.569. The van der Waals surface area contributed by atoms with E-state index in [1.807, 2.05) is 6.92 Å². The minimum absolute atomic E-state index is 0.0127. The lowest BCUT2D eigenvalue weighted by molar-refractivity contribution is -0.152. The molecule has 0 N–H and O–H groups in total. The van der Waals surface area contributed by atoms with Crippen LogP contribution in [0.25, 0.3) is 0 Å². The van der Waals surface area contributed by atoms with Crippen LogP contribution in [0.1, 0.15) is 33.6 Å². The molecule has 11 heavy (non-hydrogen) atoms. The second-order valence-electron chi connectivity index (χ2n) is 4.49. The van der Waals surface area contributed by atoms with E-state index >= 15 is 0 Å². The summed E-state index contributed by atoms with van der Waals surface area (Å²) >= 11 is 0. The van der Waals surface area contributed by atoms with Gasteiger partial charge in [-0.1, -0.05) is 13.8 Å². The van der Waals surface area contributed by atoms with Gasteiger partial charge >= 0.3 is 5.97 Å². The second kappa shape index (κ2) is 1.62. The van der Waals surface area contributed by atoms with Crippen molar-refractivity contribution in [2.24, 2.45) is 10.8 Å². The molecule has 2 nitrogen and oxygen atoms in total. The smallest absolute Gasteiger partial charge is 0.312 e. The van der Waals surface area contributed by atoms with Crippen LogP contribution >= 0.6 is 0 Å². The molecule has 0 aromatic rings. The van der Waals surface area contributed by atoms with Crippen molar-refractivity contribution in [2.45, 2.75) is 39.7 Å². The lowest BCUT2D eigenvalue weighted by atomic mass is 9.70. The number of esters is 1. The summed E-state index contributed by atoms with van der Waals surface area (Å²) in [5.41, 5.74) is -0.137. The van der Waals surface area contributed by atoms with Gasteiger partial charge in [0.2, 0.25) is 0 Å². The first kappa shape index (κ1) is 7.14. The fourth-order valence-corrected chi connectivity index (χ4v) is 2.29. The number of carbonyl (C=O) groups excluding carboxylic acids is 1. The van der Waals surface area contributed by atoms with Crippen LogP contribution in [0, 0.1) is 10.8 Å². The maximum absolute atomic E-state index is 11.4. The first-order valence-electron chi connectivity index (χ1n) is 4.19. The van der Waals surface area contributed by atoms with E-state index < -0.39 is 0 Å². The van der Waals surface area contributed by atoms with E-state index in [9.17, 15) is 4.79 Å². The molecule has 2 bridgehead atoms. The van der Waals surface area contributed by atoms with Crippen LogP contribution in [-0.4, -0.2) is 12.1 Å². The molecule has 0 amide bonds. The largest absolute Gasteiger partial charge is 0.461 e. The Labute approximate surface area is 66.9 Å². The van der Waals surface area contributed by atoms with Crippen LogP contribution in [-0.2, 0) is 9.53 Å². The molecule has 1 aliphatic carbocycles. The molecule has 0 unspecified atom stereocenters. The van der Waals surface area contributed by atoms with Crippen molar-refractivity contribution < 1.29 is 9.53 Å². The standard InChI is InChI=1S/C9H14O2/c1-8(2)6-4-5-9(8,3)7(10)11-6/h6H,4-5H2,1-3H3/t6-,9-/m0/s1. The SMILES string of the molecule is CC1(C)[C@@H]2CC[C@@]1(C)C(=O)O2. The van der Waals surface area contributed by atoms with Gasteiger partial charge in [0, 0.05) is 5.41 Å². The summed E-state index contributed by atoms with van der Waals surface area (Å²) in [6, 6.07) is 0. The molecule has 0 aromatic carbocycles. The molecule has 2 heteroatoms. The fourth-order valence-electron chi connectivity index (χ4n) is 2.29. The summed E-state index contributed by atoms with van der Waals surface area (Å²) in [5.74, 6) is 0.0127. The number of rotatable bonds is 0. The highest BCUT2D eigenvalue weighted by atomic mass is 16.6. The van der Waals surface area contributed by atoms with Gasteiger partial charge in [-0.2, -0.15) is 0 Å². The molecule has 0 aromatic heterocycles. The van der Waals surface area contributed by atoms with Crippen LogP contribution in [0.15, 0.2) is 0 Å². The zero-order valence-electron chi connectivity index (χ0n) is 7.31. The summed E-state index contributed by atoms with van der Waals surface area (Å²) in [5, 5.41) is 0. The van der Waals surface area contributed by atoms with Gasteiger partial charge in [-0.3, -0.25) is 4.79 Å². The topological polar surface area (TPSA) is 26.3 Å². The highest BCUT2D eigenvalue weighted by molar-refractivity contribution is 5.81. The van der Waals surface area contributed by atoms with E-state index in [-0.39, 0.29) is 22.9 Å². The Balaban J connectivity index is 2.47. The van der Waals surface area contributed by atoms with Gasteiger partial charge in [0.15, 0.2) is 0 Å². The van der Waals surface area contributed by atoms with E-state index in [4.69, 9.17) is 4.74 Å². The Morgan fingerprint density at radius 2 is 2.09 bits per heavy atom. The van der Waals surface area contributed by atoms with Crippen LogP contribution in [0.3, 0.4) is 0 Å². The lowest BCUT2D eigenvalue weighted by Gasteiger charge is -2.27. The summed E-state index contributed by atoms with van der Waals surface area (Å²) in [7, 11) is 0. The molecule has 2 rings (SSSR count). The number of carbonyl (C=O) groups is 1. The Kier molecular flexibility index (Phi) is 1.05. The molecule has 1 saturated carbocycles. The monoisotopic (exact) mass is 154 g/mol. The second-order valence-corrected chi connectivity index (χ2v) is 4.49. The van der Waals surface area contributed by atoms with E-state index in [2.05, 4.69) is 13.8 Å². The van der Waals surface area contributed by atoms with Crippen molar-refractivity contribution in [3.63, 3.8) is 0 Å². The van der Waals surface area contributed by atoms with Crippen LogP contribution in [0.4, 0.5) is 0 Å². The molecule has 0 spiro atoms. The molecule has 1 aliphatic heterocycles. The Morgan fingerprint density at radius 1 is 1.45 bits per heavy atom. The summed E-state index contributed by atoms with van der Waals surface area (Å²) < 4.78 is 5.24. The molecule has 62 valence electrons. The summed E-state index contributed by atoms with van der Waals surface area (Å²) in [6.07, 6.45) is 2.23. The zero-order valence-corrected chi connectivity index (χ0v) is 7.31. The van der Waals surface area contributed by atoms with Crippen molar-refractivity contribution in [3.8, 4) is 0 Å². The fraction of sp³-hybridized carbons (Fsp3) is 0.889. The van der Waals surface area contributed by atoms with E-state index in [0.29, 0.717) is 0 Å². The predicted octanol–water partition coefficient (Wildman–Crippen LogP) is 1.74. The quantitative estimate of drug-likeness (QED) is 0.497. The van der Waals surface area contributed by atoms with Crippen molar-refractivity contribution in [1.82, 2.24) is 0 Å². The zero-order chi connectivity index (χ0) is 8.28. The molecular formula is C9H14O2. The highest BCUT2D eigenvalue weighted by Gasteiger charge is 2.64. The van der Waals surface area contributed by atoms with Gasteiger partial charge in [0.25, 0.3) is 0 Å². The number of hydrogen-bond donors (Lipinski definition) is 0. The number of hydrogen-bond acceptors (Lipinski definition) is 2. The molecular weight excluding hydrogens is 140 g/mol. The van der Waals surface area contributed by atoms with Gasteiger partial charge in [0.1, 0.15) is 6.10 Å². The Hall–Kier alpha value is -0.530. The maximum Gasteiger partial charge on any atom is 0.312 e. The van der Waals surface area contributed by atoms with E-state index in [0.717, 1.165) is 12.8 Å². The third-order valence-electron chi connectivity index (χ3n) is 3.83. The third-order valence-corrected chi connectivity index (χ3v) is 3.83. The van der Waals surface area contributed by atoms with Crippen molar-refractivity contribution in [2.75, 3.05) is 0 Å². The van der Waals surface area contributed by atoms with Gasteiger partial charge in [-0.25, -0.2) is 0 Å². The van der Waals surface area contributed by atoms with E-state index in [1.54, 1.807) is 0 Å². The average Bonchev–Trinajstić information content (AvgIpc) is 2.20. The van der Waals surface area contributed by atoms with Crippen molar-refractivity contribution in [3.05, 3.63) is 0 Å². The molecule has 1 heterocycles. The summed E-state index contributed by atoms with van der Waals surface area (Å²) in [4.78, 5) is 11.4. The van der Waals surface area contributed by atoms with Gasteiger partial charge in [-0.05, 0) is 19.8 Å². The highest BCUT2D eigenvalue weighted by Crippen LogP contribution is 2.59. The molecule has 2 fully saturated rings. The first-order valence-corrected chi connectivity index (χ1v) is 4.19. The van der Waals surface area contributed by atoms with Gasteiger partial charge in [0.05, 0.1) is 5.41 Å². The van der Waals surface area contributed by atoms with Gasteiger partial charge in [-0.15, -0.1) is 0 Å². The van der Waals surface area contributed by atoms with Crippen molar-refractivity contribution >= 4 is 5.97 Å². The molecule has 0 radical (unpaired) electrons. The minimum atomic E-state index is -0.197. The predicted molar refractivity (Wildman–Crippen MR) is 41.0 cm³/mol. The lowest BCUT2D eigenvalue weighted by Crippen LogP contribution is -2.32. The molecule has 1 saturated heterocycles. The Bertz CT molecular complexity index is 220. The van der Waals surface area contributed by atoms with Crippen molar-refractivity contribution in [1.29, 1.82) is 0 Å². The average molecular weight is 154 g/mol. The molecule has 2 atom stereocenters. The molecule has 2 aliphatic rings. The number of ether oxygens (including phenoxy) is 1.